The van der Waals surface area contributed by atoms with Gasteiger partial charge in [-0.15, -0.1) is 0 Å². The zero-order valence-electron chi connectivity index (χ0n) is 22.0. The summed E-state index contributed by atoms with van der Waals surface area (Å²) in [6.07, 6.45) is 1.48. The summed E-state index contributed by atoms with van der Waals surface area (Å²) in [5.41, 5.74) is 0.868. The summed E-state index contributed by atoms with van der Waals surface area (Å²) in [6, 6.07) is 6.20. The number of fused-ring (bicyclic) bond motifs is 1. The van der Waals surface area contributed by atoms with Crippen molar-refractivity contribution < 1.29 is 16.8 Å². The minimum Gasteiger partial charge on any atom is -0.413 e. The van der Waals surface area contributed by atoms with Crippen LogP contribution < -0.4 is 5.32 Å². The lowest BCUT2D eigenvalue weighted by Gasteiger charge is -2.35. The van der Waals surface area contributed by atoms with Gasteiger partial charge in [-0.25, -0.2) is 4.98 Å². The van der Waals surface area contributed by atoms with E-state index in [4.69, 9.17) is 18.8 Å². The zero-order valence-corrected chi connectivity index (χ0v) is 21.8. The summed E-state index contributed by atoms with van der Waals surface area (Å²) in [4.78, 5) is 31.8. The second-order valence-corrected chi connectivity index (χ2v) is 15.0. The number of anilines is 1. The molecule has 7 nitrogen and oxygen atoms in total. The Morgan fingerprint density at radius 3 is 2.73 bits per heavy atom. The molecule has 9 heteroatoms. The van der Waals surface area contributed by atoms with Crippen molar-refractivity contribution in [2.24, 2.45) is 0 Å². The maximum atomic E-state index is 13.0. The first-order chi connectivity index (χ1) is 16.2. The number of hydrogen-bond donors (Lipinski definition) is 1. The van der Waals surface area contributed by atoms with Crippen LogP contribution in [-0.4, -0.2) is 47.7 Å². The highest BCUT2D eigenvalue weighted by molar-refractivity contribution is 6.74. The standard InChI is InChI=1S/C24H33ClN4O3Si/c1-17-15-28(22(30)12-9-13-32-33(5,6)24(2,3)4)16-21-26-14-20(29(17)21)23(31)27-19-11-8-7-10-18(19)25/h7-12,14,17H,13,15-16H2,1-6H3,(H,27,31)/b12-9+/t17-/m0/s1/i9D,12D. The summed E-state index contributed by atoms with van der Waals surface area (Å²) in [7, 11) is -2.11. The largest absolute Gasteiger partial charge is 0.413 e. The smallest absolute Gasteiger partial charge is 0.273 e. The molecule has 1 aliphatic heterocycles. The Kier molecular flexibility index (Phi) is 6.66. The lowest BCUT2D eigenvalue weighted by Crippen LogP contribution is -2.41. The number of halogens is 1. The number of nitrogens with one attached hydrogen (secondary N) is 1. The molecule has 1 aliphatic rings. The van der Waals surface area contributed by atoms with Gasteiger partial charge in [0.1, 0.15) is 11.5 Å². The van der Waals surface area contributed by atoms with Gasteiger partial charge in [0, 0.05) is 12.6 Å². The van der Waals surface area contributed by atoms with Crippen LogP contribution in [0.25, 0.3) is 0 Å². The van der Waals surface area contributed by atoms with Gasteiger partial charge < -0.3 is 19.2 Å². The number of hydrogen-bond acceptors (Lipinski definition) is 4. The second kappa shape index (κ2) is 9.83. The van der Waals surface area contributed by atoms with E-state index in [1.807, 2.05) is 6.92 Å². The molecule has 1 atom stereocenters. The van der Waals surface area contributed by atoms with Crippen LogP contribution in [0.1, 0.15) is 52.8 Å². The molecule has 0 unspecified atom stereocenters. The minimum absolute atomic E-state index is 0.0330. The summed E-state index contributed by atoms with van der Waals surface area (Å²) in [5, 5.41) is 3.20. The first kappa shape index (κ1) is 22.4. The van der Waals surface area contributed by atoms with Crippen molar-refractivity contribution in [3.8, 4) is 0 Å². The zero-order chi connectivity index (χ0) is 26.1. The maximum absolute atomic E-state index is 13.0. The van der Waals surface area contributed by atoms with E-state index in [1.54, 1.807) is 28.8 Å². The molecule has 0 saturated carbocycles. The van der Waals surface area contributed by atoms with Crippen LogP contribution in [0.15, 0.2) is 42.6 Å². The number of carbonyl (C=O) groups is 2. The van der Waals surface area contributed by atoms with Crippen LogP contribution in [0.4, 0.5) is 5.69 Å². The average molecular weight is 491 g/mol. The first-order valence-electron chi connectivity index (χ1n) is 11.9. The molecule has 178 valence electrons. The number of benzene rings is 1. The van der Waals surface area contributed by atoms with Crippen molar-refractivity contribution in [1.82, 2.24) is 14.5 Å². The molecule has 1 aromatic carbocycles. The number of carbonyl (C=O) groups excluding carboxylic acids is 2. The van der Waals surface area contributed by atoms with Gasteiger partial charge in [-0.1, -0.05) is 50.6 Å². The van der Waals surface area contributed by atoms with E-state index in [1.165, 1.54) is 11.1 Å². The van der Waals surface area contributed by atoms with Crippen molar-refractivity contribution in [2.45, 2.75) is 58.4 Å². The molecular formula is C24H33ClN4O3Si. The van der Waals surface area contributed by atoms with Crippen LogP contribution in [0.3, 0.4) is 0 Å². The predicted octanol–water partition coefficient (Wildman–Crippen LogP) is 5.27. The third kappa shape index (κ3) is 5.74. The van der Waals surface area contributed by atoms with E-state index in [9.17, 15) is 9.59 Å². The quantitative estimate of drug-likeness (QED) is 0.442. The van der Waals surface area contributed by atoms with E-state index >= 15 is 0 Å². The van der Waals surface area contributed by atoms with Crippen LogP contribution in [0.2, 0.25) is 23.2 Å². The molecule has 33 heavy (non-hydrogen) atoms. The molecule has 0 spiro atoms. The molecule has 2 amide bonds. The highest BCUT2D eigenvalue weighted by Gasteiger charge is 2.36. The van der Waals surface area contributed by atoms with E-state index in [2.05, 4.69) is 44.2 Å². The van der Waals surface area contributed by atoms with Crippen LogP contribution in [0.5, 0.6) is 0 Å². The monoisotopic (exact) mass is 490 g/mol. The summed E-state index contributed by atoms with van der Waals surface area (Å²) < 4.78 is 24.3. The van der Waals surface area contributed by atoms with Gasteiger partial charge in [-0.3, -0.25) is 9.59 Å². The maximum Gasteiger partial charge on any atom is 0.273 e. The molecule has 2 aromatic rings. The molecule has 0 radical (unpaired) electrons. The van der Waals surface area contributed by atoms with Gasteiger partial charge in [0.2, 0.25) is 5.91 Å². The number of aromatic nitrogens is 2. The molecule has 0 aliphatic carbocycles. The minimum atomic E-state index is -2.11. The van der Waals surface area contributed by atoms with Gasteiger partial charge in [0.15, 0.2) is 8.32 Å². The number of imidazole rings is 1. The summed E-state index contributed by atoms with van der Waals surface area (Å²) >= 11 is 6.15. The van der Waals surface area contributed by atoms with Crippen LogP contribution in [0, 0.1) is 0 Å². The first-order valence-corrected chi connectivity index (χ1v) is 14.2. The second-order valence-electron chi connectivity index (χ2n) is 9.75. The van der Waals surface area contributed by atoms with Crippen LogP contribution >= 0.6 is 11.6 Å². The highest BCUT2D eigenvalue weighted by Crippen LogP contribution is 2.36. The van der Waals surface area contributed by atoms with Gasteiger partial charge in [0.25, 0.3) is 5.91 Å². The van der Waals surface area contributed by atoms with Gasteiger partial charge >= 0.3 is 0 Å². The van der Waals surface area contributed by atoms with E-state index in [-0.39, 0.29) is 48.8 Å². The van der Waals surface area contributed by atoms with E-state index in [0.717, 1.165) is 0 Å². The Morgan fingerprint density at radius 1 is 1.36 bits per heavy atom. The molecule has 0 fully saturated rings. The normalized spacial score (nSPS) is 18.2. The molecular weight excluding hydrogens is 456 g/mol. The van der Waals surface area contributed by atoms with Crippen molar-refractivity contribution >= 4 is 37.4 Å². The van der Waals surface area contributed by atoms with E-state index < -0.39 is 14.2 Å². The highest BCUT2D eigenvalue weighted by atomic mass is 35.5. The third-order valence-electron chi connectivity index (χ3n) is 6.28. The lowest BCUT2D eigenvalue weighted by molar-refractivity contribution is -0.128. The third-order valence-corrected chi connectivity index (χ3v) is 11.1. The van der Waals surface area contributed by atoms with Gasteiger partial charge in [0.05, 0.1) is 38.8 Å². The van der Waals surface area contributed by atoms with Gasteiger partial charge in [-0.05, 0) is 37.2 Å². The summed E-state index contributed by atoms with van der Waals surface area (Å²) in [6.45, 7) is 12.7. The Morgan fingerprint density at radius 2 is 2.06 bits per heavy atom. The van der Waals surface area contributed by atoms with Gasteiger partial charge in [-0.2, -0.15) is 0 Å². The Labute approximate surface area is 204 Å². The Balaban J connectivity index is 1.73. The fourth-order valence-electron chi connectivity index (χ4n) is 3.34. The predicted molar refractivity (Wildman–Crippen MR) is 134 cm³/mol. The molecule has 0 saturated heterocycles. The molecule has 2 heterocycles. The molecule has 0 bridgehead atoms. The van der Waals surface area contributed by atoms with Crippen molar-refractivity contribution in [3.63, 3.8) is 0 Å². The number of rotatable bonds is 6. The number of nitrogens with zero attached hydrogens (tertiary/aromatic N) is 3. The molecule has 3 rings (SSSR count). The van der Waals surface area contributed by atoms with Crippen molar-refractivity contribution in [2.75, 3.05) is 18.5 Å². The Hall–Kier alpha value is -2.42. The van der Waals surface area contributed by atoms with E-state index in [0.29, 0.717) is 22.2 Å². The SMILES string of the molecule is [2H]/C(CO[Si](C)(C)C(C)(C)C)=C(/[2H])C(=O)N1Cc2ncc(C(=O)Nc3ccccc3Cl)n2[C@@H](C)C1. The number of amides is 2. The Bertz CT molecular complexity index is 1160. The summed E-state index contributed by atoms with van der Waals surface area (Å²) in [5.74, 6) is -0.351. The fourth-order valence-corrected chi connectivity index (χ4v) is 4.39. The fraction of sp³-hybridized carbons (Fsp3) is 0.458. The topological polar surface area (TPSA) is 76.5 Å². The molecule has 1 aromatic heterocycles. The number of para-hydroxylation sites is 1. The van der Waals surface area contributed by atoms with Crippen molar-refractivity contribution in [3.05, 3.63) is 59.1 Å². The average Bonchev–Trinajstić information content (AvgIpc) is 3.22. The lowest BCUT2D eigenvalue weighted by atomic mass is 10.2. The van der Waals surface area contributed by atoms with Crippen molar-refractivity contribution in [1.29, 1.82) is 0 Å². The molecule has 1 N–H and O–H groups in total. The van der Waals surface area contributed by atoms with Crippen LogP contribution in [-0.2, 0) is 15.8 Å².